The van der Waals surface area contributed by atoms with E-state index >= 15 is 0 Å². The Bertz CT molecular complexity index is 632. The number of aromatic nitrogens is 1. The van der Waals surface area contributed by atoms with Crippen LogP contribution < -0.4 is 11.1 Å². The molecule has 0 saturated heterocycles. The summed E-state index contributed by atoms with van der Waals surface area (Å²) in [5.74, 6) is -3.51. The van der Waals surface area contributed by atoms with Crippen LogP contribution in [0.2, 0.25) is 0 Å². The molecular formula is C15H16F3N3. The van der Waals surface area contributed by atoms with E-state index in [1.165, 1.54) is 6.07 Å². The summed E-state index contributed by atoms with van der Waals surface area (Å²) in [6.45, 7) is 2.39. The first-order valence-corrected chi connectivity index (χ1v) is 6.60. The molecule has 0 spiro atoms. The van der Waals surface area contributed by atoms with E-state index in [-0.39, 0.29) is 5.56 Å². The van der Waals surface area contributed by atoms with Crippen molar-refractivity contribution in [2.45, 2.75) is 19.4 Å². The number of nitrogens with one attached hydrogen (secondary N) is 1. The maximum atomic E-state index is 13.9. The Balaban J connectivity index is 2.36. The standard InChI is InChI=1S/C15H16F3N3/c1-2-20-12(8-9-4-3-7-21-15(9)19)10-5-6-11(16)14(18)13(10)17/h3-7,12,20H,2,8H2,1H3,(H2,19,21). The van der Waals surface area contributed by atoms with Crippen LogP contribution in [0.3, 0.4) is 0 Å². The van der Waals surface area contributed by atoms with Crippen LogP contribution in [0.5, 0.6) is 0 Å². The molecule has 1 unspecified atom stereocenters. The summed E-state index contributed by atoms with van der Waals surface area (Å²) in [4.78, 5) is 3.96. The first-order valence-electron chi connectivity index (χ1n) is 6.60. The number of pyridine rings is 1. The third-order valence-electron chi connectivity index (χ3n) is 3.24. The lowest BCUT2D eigenvalue weighted by molar-refractivity contribution is 0.425. The molecule has 0 bridgehead atoms. The predicted octanol–water partition coefficient (Wildman–Crippen LogP) is 2.97. The second kappa shape index (κ2) is 6.58. The second-order valence-electron chi connectivity index (χ2n) is 4.63. The van der Waals surface area contributed by atoms with Crippen molar-refractivity contribution >= 4 is 5.82 Å². The van der Waals surface area contributed by atoms with Crippen molar-refractivity contribution in [2.75, 3.05) is 12.3 Å². The Morgan fingerprint density at radius 2 is 1.95 bits per heavy atom. The molecule has 1 heterocycles. The van der Waals surface area contributed by atoms with Crippen molar-refractivity contribution in [2.24, 2.45) is 0 Å². The van der Waals surface area contributed by atoms with Crippen molar-refractivity contribution in [1.82, 2.24) is 10.3 Å². The zero-order chi connectivity index (χ0) is 15.4. The van der Waals surface area contributed by atoms with E-state index in [9.17, 15) is 13.2 Å². The van der Waals surface area contributed by atoms with Gasteiger partial charge in [0.05, 0.1) is 0 Å². The maximum absolute atomic E-state index is 13.9. The lowest BCUT2D eigenvalue weighted by Gasteiger charge is -2.20. The summed E-state index contributed by atoms with van der Waals surface area (Å²) in [6.07, 6.45) is 1.88. The van der Waals surface area contributed by atoms with E-state index in [2.05, 4.69) is 10.3 Å². The van der Waals surface area contributed by atoms with Gasteiger partial charge in [0.1, 0.15) is 5.82 Å². The van der Waals surface area contributed by atoms with Gasteiger partial charge in [-0.2, -0.15) is 0 Å². The van der Waals surface area contributed by atoms with Gasteiger partial charge < -0.3 is 11.1 Å². The molecule has 2 rings (SSSR count). The van der Waals surface area contributed by atoms with Crippen LogP contribution in [0.15, 0.2) is 30.5 Å². The van der Waals surface area contributed by atoms with Crippen molar-refractivity contribution in [1.29, 1.82) is 0 Å². The average Bonchev–Trinajstić information content (AvgIpc) is 2.47. The van der Waals surface area contributed by atoms with Crippen LogP contribution in [0.25, 0.3) is 0 Å². The highest BCUT2D eigenvalue weighted by molar-refractivity contribution is 5.40. The SMILES string of the molecule is CCNC(Cc1cccnc1N)c1ccc(F)c(F)c1F. The van der Waals surface area contributed by atoms with Crippen molar-refractivity contribution in [3.05, 3.63) is 59.0 Å². The summed E-state index contributed by atoms with van der Waals surface area (Å²) in [5.41, 5.74) is 6.55. The molecule has 2 aromatic rings. The summed E-state index contributed by atoms with van der Waals surface area (Å²) in [6, 6.07) is 5.13. The molecule has 0 amide bonds. The number of nitrogens with two attached hydrogens (primary N) is 1. The largest absolute Gasteiger partial charge is 0.383 e. The first kappa shape index (κ1) is 15.3. The third kappa shape index (κ3) is 3.33. The van der Waals surface area contributed by atoms with Gasteiger partial charge in [0.2, 0.25) is 0 Å². The fourth-order valence-corrected chi connectivity index (χ4v) is 2.19. The number of anilines is 1. The Morgan fingerprint density at radius 3 is 2.62 bits per heavy atom. The number of nitrogens with zero attached hydrogens (tertiary/aromatic N) is 1. The molecule has 6 heteroatoms. The molecule has 3 nitrogen and oxygen atoms in total. The molecule has 0 aliphatic carbocycles. The van der Waals surface area contributed by atoms with Crippen LogP contribution in [-0.2, 0) is 6.42 Å². The summed E-state index contributed by atoms with van der Waals surface area (Å²) in [7, 11) is 0. The number of likely N-dealkylation sites (N-methyl/N-ethyl adjacent to an activating group) is 1. The number of hydrogen-bond donors (Lipinski definition) is 2. The van der Waals surface area contributed by atoms with Crippen LogP contribution in [-0.4, -0.2) is 11.5 Å². The molecule has 3 N–H and O–H groups in total. The van der Waals surface area contributed by atoms with Gasteiger partial charge in [0.25, 0.3) is 0 Å². The molecule has 112 valence electrons. The Labute approximate surface area is 121 Å². The molecule has 1 aromatic carbocycles. The van der Waals surface area contributed by atoms with E-state index in [0.29, 0.717) is 24.3 Å². The minimum atomic E-state index is -1.46. The van der Waals surface area contributed by atoms with Gasteiger partial charge in [-0.1, -0.05) is 19.1 Å². The number of hydrogen-bond acceptors (Lipinski definition) is 3. The van der Waals surface area contributed by atoms with Crippen molar-refractivity contribution < 1.29 is 13.2 Å². The quantitative estimate of drug-likeness (QED) is 0.834. The van der Waals surface area contributed by atoms with Crippen molar-refractivity contribution in [3.63, 3.8) is 0 Å². The predicted molar refractivity (Wildman–Crippen MR) is 75.1 cm³/mol. The highest BCUT2D eigenvalue weighted by atomic mass is 19.2. The van der Waals surface area contributed by atoms with Crippen LogP contribution in [0, 0.1) is 17.5 Å². The molecule has 0 radical (unpaired) electrons. The fourth-order valence-electron chi connectivity index (χ4n) is 2.19. The third-order valence-corrected chi connectivity index (χ3v) is 3.24. The van der Waals surface area contributed by atoms with E-state index < -0.39 is 23.5 Å². The lowest BCUT2D eigenvalue weighted by Crippen LogP contribution is -2.25. The second-order valence-corrected chi connectivity index (χ2v) is 4.63. The molecule has 21 heavy (non-hydrogen) atoms. The Morgan fingerprint density at radius 1 is 1.19 bits per heavy atom. The number of nitrogen functional groups attached to an aromatic ring is 1. The van der Waals surface area contributed by atoms with E-state index in [4.69, 9.17) is 5.73 Å². The van der Waals surface area contributed by atoms with Gasteiger partial charge in [0, 0.05) is 17.8 Å². The van der Waals surface area contributed by atoms with Gasteiger partial charge >= 0.3 is 0 Å². The number of halogens is 3. The van der Waals surface area contributed by atoms with Gasteiger partial charge in [-0.25, -0.2) is 18.2 Å². The van der Waals surface area contributed by atoms with E-state index in [0.717, 1.165) is 6.07 Å². The van der Waals surface area contributed by atoms with Crippen molar-refractivity contribution in [3.8, 4) is 0 Å². The molecule has 0 aliphatic heterocycles. The zero-order valence-corrected chi connectivity index (χ0v) is 11.5. The van der Waals surface area contributed by atoms with Crippen LogP contribution in [0.1, 0.15) is 24.1 Å². The van der Waals surface area contributed by atoms with E-state index in [1.54, 1.807) is 18.3 Å². The number of benzene rings is 1. The minimum absolute atomic E-state index is 0.0685. The molecular weight excluding hydrogens is 279 g/mol. The highest BCUT2D eigenvalue weighted by Gasteiger charge is 2.21. The maximum Gasteiger partial charge on any atom is 0.194 e. The molecule has 0 saturated carbocycles. The van der Waals surface area contributed by atoms with Gasteiger partial charge in [0.15, 0.2) is 17.5 Å². The molecule has 1 aromatic heterocycles. The summed E-state index contributed by atoms with van der Waals surface area (Å²) < 4.78 is 40.4. The molecule has 0 aliphatic rings. The normalized spacial score (nSPS) is 12.4. The molecule has 1 atom stereocenters. The first-order chi connectivity index (χ1) is 10.0. The average molecular weight is 295 g/mol. The fraction of sp³-hybridized carbons (Fsp3) is 0.267. The summed E-state index contributed by atoms with van der Waals surface area (Å²) in [5, 5.41) is 3.05. The van der Waals surface area contributed by atoms with Crippen LogP contribution in [0.4, 0.5) is 19.0 Å². The van der Waals surface area contributed by atoms with Crippen LogP contribution >= 0.6 is 0 Å². The summed E-state index contributed by atoms with van der Waals surface area (Å²) >= 11 is 0. The van der Waals surface area contributed by atoms with E-state index in [1.807, 2.05) is 6.92 Å². The zero-order valence-electron chi connectivity index (χ0n) is 11.5. The highest BCUT2D eigenvalue weighted by Crippen LogP contribution is 2.25. The van der Waals surface area contributed by atoms with Gasteiger partial charge in [-0.05, 0) is 30.7 Å². The monoisotopic (exact) mass is 295 g/mol. The Kier molecular flexibility index (Phi) is 4.80. The van der Waals surface area contributed by atoms with Gasteiger partial charge in [-0.3, -0.25) is 0 Å². The lowest BCUT2D eigenvalue weighted by atomic mass is 9.98. The number of rotatable bonds is 5. The van der Waals surface area contributed by atoms with Gasteiger partial charge in [-0.15, -0.1) is 0 Å². The smallest absolute Gasteiger partial charge is 0.194 e. The minimum Gasteiger partial charge on any atom is -0.383 e. The Hall–Kier alpha value is -2.08. The molecule has 0 fully saturated rings. The topological polar surface area (TPSA) is 50.9 Å².